The molecule has 6 aromatic rings. The third kappa shape index (κ3) is 5.06. The van der Waals surface area contributed by atoms with Crippen LogP contribution >= 0.6 is 22.9 Å². The predicted octanol–water partition coefficient (Wildman–Crippen LogP) is 6.50. The Labute approximate surface area is 323 Å². The summed E-state index contributed by atoms with van der Waals surface area (Å²) in [5, 5.41) is 16.7. The number of fused-ring (bicyclic) bond motifs is 5. The zero-order chi connectivity index (χ0) is 38.5. The number of carbonyl (C=O) groups is 2. The van der Waals surface area contributed by atoms with Gasteiger partial charge in [0.2, 0.25) is 11.8 Å². The van der Waals surface area contributed by atoms with Gasteiger partial charge in [0.05, 0.1) is 41.6 Å². The number of imide groups is 1. The number of nitrogens with zero attached hydrogens (tertiary/aromatic N) is 6. The number of halogens is 1. The number of allylic oxidation sites excluding steroid dienone is 3. The summed E-state index contributed by atoms with van der Waals surface area (Å²) < 4.78 is 11.9. The van der Waals surface area contributed by atoms with Crippen LogP contribution in [0.2, 0.25) is 5.02 Å². The lowest BCUT2D eigenvalue weighted by atomic mass is 9.58. The Kier molecular flexibility index (Phi) is 7.96. The van der Waals surface area contributed by atoms with Gasteiger partial charge in [-0.3, -0.25) is 14.3 Å². The van der Waals surface area contributed by atoms with Crippen molar-refractivity contribution in [2.45, 2.75) is 32.9 Å². The number of carbonyl (C=O) groups excluding carboxylic acids is 2. The Morgan fingerprint density at radius 3 is 2.56 bits per heavy atom. The van der Waals surface area contributed by atoms with Crippen molar-refractivity contribution in [3.05, 3.63) is 128 Å². The quantitative estimate of drug-likeness (QED) is 0.151. The maximum absolute atomic E-state index is 15.0. The van der Waals surface area contributed by atoms with Crippen LogP contribution in [0.3, 0.4) is 0 Å². The molecule has 3 aliphatic rings. The maximum Gasteiger partial charge on any atom is 0.352 e. The summed E-state index contributed by atoms with van der Waals surface area (Å²) in [5.74, 6) is -1.70. The highest BCUT2D eigenvalue weighted by atomic mass is 35.5. The molecule has 12 nitrogen and oxygen atoms in total. The molecule has 4 unspecified atom stereocenters. The van der Waals surface area contributed by atoms with Crippen molar-refractivity contribution < 1.29 is 19.4 Å². The fourth-order valence-corrected chi connectivity index (χ4v) is 10.0. The van der Waals surface area contributed by atoms with Crippen LogP contribution in [0, 0.1) is 24.2 Å². The third-order valence-corrected chi connectivity index (χ3v) is 13.1. The Morgan fingerprint density at radius 2 is 1.80 bits per heavy atom. The van der Waals surface area contributed by atoms with E-state index in [1.165, 1.54) is 27.4 Å². The van der Waals surface area contributed by atoms with E-state index in [0.29, 0.717) is 27.8 Å². The Hall–Kier alpha value is -5.92. The van der Waals surface area contributed by atoms with E-state index in [0.717, 1.165) is 30.7 Å². The number of para-hydroxylation sites is 1. The molecule has 1 N–H and O–H groups in total. The van der Waals surface area contributed by atoms with E-state index in [2.05, 4.69) is 0 Å². The number of aromatic nitrogens is 5. The van der Waals surface area contributed by atoms with Gasteiger partial charge in [-0.15, -0.1) is 11.3 Å². The van der Waals surface area contributed by atoms with Crippen molar-refractivity contribution in [2.75, 3.05) is 12.0 Å². The summed E-state index contributed by atoms with van der Waals surface area (Å²) in [6.45, 7) is 3.93. The van der Waals surface area contributed by atoms with Gasteiger partial charge in [0.1, 0.15) is 11.5 Å². The fourth-order valence-electron chi connectivity index (χ4n) is 8.72. The van der Waals surface area contributed by atoms with Gasteiger partial charge in [-0.05, 0) is 84.8 Å². The first kappa shape index (κ1) is 34.8. The number of aryl methyl sites for hydroxylation is 2. The number of benzene rings is 3. The van der Waals surface area contributed by atoms with Crippen molar-refractivity contribution >= 4 is 56.7 Å². The molecule has 5 heterocycles. The second-order valence-corrected chi connectivity index (χ2v) is 15.9. The van der Waals surface area contributed by atoms with Gasteiger partial charge in [-0.1, -0.05) is 54.1 Å². The lowest BCUT2D eigenvalue weighted by Gasteiger charge is -2.45. The largest absolute Gasteiger partial charge is 0.504 e. The molecular weight excluding hydrogens is 740 g/mol. The number of phenols is 1. The van der Waals surface area contributed by atoms with Gasteiger partial charge < -0.3 is 9.84 Å². The normalized spacial score (nSPS) is 21.9. The first-order chi connectivity index (χ1) is 26.4. The summed E-state index contributed by atoms with van der Waals surface area (Å²) in [6, 6.07) is 20.5. The smallest absolute Gasteiger partial charge is 0.352 e. The highest BCUT2D eigenvalue weighted by molar-refractivity contribution is 7.22. The summed E-state index contributed by atoms with van der Waals surface area (Å²) in [6.07, 6.45) is 5.75. The molecule has 55 heavy (non-hydrogen) atoms. The van der Waals surface area contributed by atoms with Crippen molar-refractivity contribution in [2.24, 2.45) is 24.3 Å². The molecule has 1 saturated carbocycles. The van der Waals surface area contributed by atoms with Crippen LogP contribution in [0.15, 0.2) is 100 Å². The third-order valence-electron chi connectivity index (χ3n) is 11.5. The lowest BCUT2D eigenvalue weighted by Crippen LogP contribution is -2.49. The van der Waals surface area contributed by atoms with Crippen LogP contribution in [0.5, 0.6) is 11.5 Å². The first-order valence-corrected chi connectivity index (χ1v) is 19.0. The molecule has 0 spiro atoms. The minimum absolute atomic E-state index is 0.0166. The van der Waals surface area contributed by atoms with Crippen LogP contribution in [0.4, 0.5) is 5.82 Å². The van der Waals surface area contributed by atoms with Crippen molar-refractivity contribution in [3.8, 4) is 27.8 Å². The lowest BCUT2D eigenvalue weighted by molar-refractivity contribution is -0.129. The number of amides is 2. The fraction of sp³-hybridized carbons (Fsp3) is 0.244. The van der Waals surface area contributed by atoms with E-state index in [4.69, 9.17) is 21.4 Å². The maximum atomic E-state index is 15.0. The van der Waals surface area contributed by atoms with Gasteiger partial charge in [0.15, 0.2) is 11.5 Å². The first-order valence-electron chi connectivity index (χ1n) is 17.8. The average Bonchev–Trinajstić information content (AvgIpc) is 3.85. The Morgan fingerprint density at radius 1 is 1.02 bits per heavy atom. The second kappa shape index (κ2) is 12.6. The SMILES string of the molecule is COc1cc(C=CC2C3=CCn4c(=O)n(-c5ccccc5)c(=O)n4C3CC3C(=O)N(c4cc(-c5sc6ccc(Cl)cc6c5C)nn4C)C(=O)C23C)ccc1O. The highest BCUT2D eigenvalue weighted by Gasteiger charge is 2.65. The summed E-state index contributed by atoms with van der Waals surface area (Å²) in [4.78, 5) is 60.0. The van der Waals surface area contributed by atoms with Gasteiger partial charge in [0, 0.05) is 28.8 Å². The van der Waals surface area contributed by atoms with E-state index >= 15 is 4.79 Å². The van der Waals surface area contributed by atoms with Gasteiger partial charge in [-0.2, -0.15) is 5.10 Å². The minimum Gasteiger partial charge on any atom is -0.504 e. The van der Waals surface area contributed by atoms with Crippen LogP contribution in [-0.2, 0) is 23.2 Å². The molecule has 2 amide bonds. The molecule has 9 rings (SSSR count). The molecule has 0 radical (unpaired) electrons. The van der Waals surface area contributed by atoms with Crippen molar-refractivity contribution in [3.63, 3.8) is 0 Å². The Bertz CT molecular complexity index is 2790. The molecule has 14 heteroatoms. The van der Waals surface area contributed by atoms with Gasteiger partial charge in [-0.25, -0.2) is 28.4 Å². The molecule has 4 atom stereocenters. The molecule has 1 saturated heterocycles. The molecule has 3 aromatic heterocycles. The number of anilines is 1. The van der Waals surface area contributed by atoms with E-state index in [9.17, 15) is 19.5 Å². The predicted molar refractivity (Wildman–Crippen MR) is 211 cm³/mol. The van der Waals surface area contributed by atoms with Crippen molar-refractivity contribution in [1.82, 2.24) is 23.7 Å². The molecule has 278 valence electrons. The molecule has 2 aliphatic heterocycles. The number of hydrogen-bond acceptors (Lipinski definition) is 8. The number of rotatable bonds is 6. The average molecular weight is 775 g/mol. The van der Waals surface area contributed by atoms with Gasteiger partial charge in [0.25, 0.3) is 0 Å². The highest BCUT2D eigenvalue weighted by Crippen LogP contribution is 2.58. The number of methoxy groups -OCH3 is 1. The monoisotopic (exact) mass is 774 g/mol. The topological polar surface area (TPSA) is 134 Å². The summed E-state index contributed by atoms with van der Waals surface area (Å²) in [7, 11) is 3.18. The van der Waals surface area contributed by atoms with E-state index in [-0.39, 0.29) is 30.4 Å². The standard InChI is InChI=1S/C41H35ClN6O6S/c1-22-27-19-24(42)12-15-34(27)55-36(22)30-21-35(44(3)43-30)47-37(50)29-20-31-26(16-17-45-39(52)46(40(53)48(31)45)25-8-6-5-7-9-25)28(41(29,2)38(47)51)13-10-23-11-14-32(49)33(18-23)54-4/h5-16,18-19,21,28-29,31,49H,17,20H2,1-4H3. The van der Waals surface area contributed by atoms with Crippen molar-refractivity contribution in [1.29, 1.82) is 0 Å². The Balaban J connectivity index is 1.17. The zero-order valence-electron chi connectivity index (χ0n) is 30.3. The molecule has 1 aliphatic carbocycles. The minimum atomic E-state index is -1.26. The number of ether oxygens (including phenoxy) is 1. The van der Waals surface area contributed by atoms with Crippen LogP contribution in [0.25, 0.3) is 32.4 Å². The van der Waals surface area contributed by atoms with E-state index in [1.54, 1.807) is 65.5 Å². The van der Waals surface area contributed by atoms with Crippen LogP contribution in [-0.4, -0.2) is 47.7 Å². The number of hydrogen-bond donors (Lipinski definition) is 1. The number of phenolic OH excluding ortho intramolecular Hbond substituents is 1. The zero-order valence-corrected chi connectivity index (χ0v) is 31.8. The molecule has 2 fully saturated rings. The van der Waals surface area contributed by atoms with E-state index in [1.807, 2.05) is 56.3 Å². The second-order valence-electron chi connectivity index (χ2n) is 14.4. The van der Waals surface area contributed by atoms with Crippen LogP contribution in [0.1, 0.15) is 30.5 Å². The van der Waals surface area contributed by atoms with E-state index < -0.39 is 40.6 Å². The van der Waals surface area contributed by atoms with Crippen LogP contribution < -0.4 is 21.0 Å². The van der Waals surface area contributed by atoms with Gasteiger partial charge >= 0.3 is 11.4 Å². The molecular formula is C41H35ClN6O6S. The number of aromatic hydroxyl groups is 1. The number of thiophene rings is 1. The summed E-state index contributed by atoms with van der Waals surface area (Å²) in [5.41, 5.74) is 1.25. The molecule has 3 aromatic carbocycles. The molecule has 0 bridgehead atoms. The summed E-state index contributed by atoms with van der Waals surface area (Å²) >= 11 is 7.88.